The first-order valence-electron chi connectivity index (χ1n) is 7.56. The third kappa shape index (κ3) is 3.24. The van der Waals surface area contributed by atoms with E-state index in [-0.39, 0.29) is 11.1 Å². The Labute approximate surface area is 142 Å². The largest absolute Gasteiger partial charge is 0.422 e. The molecule has 3 rings (SSSR count). The van der Waals surface area contributed by atoms with E-state index in [1.807, 2.05) is 0 Å². The maximum absolute atomic E-state index is 11.7. The number of ether oxygens (including phenoxy) is 1. The average molecular weight is 347 g/mol. The monoisotopic (exact) mass is 347 g/mol. The van der Waals surface area contributed by atoms with Crippen LogP contribution in [0.15, 0.2) is 33.5 Å². The zero-order chi connectivity index (χ0) is 18.1. The van der Waals surface area contributed by atoms with E-state index in [0.29, 0.717) is 11.1 Å². The Morgan fingerprint density at radius 1 is 1.20 bits per heavy atom. The molecule has 0 aliphatic carbocycles. The number of anilines is 1. The van der Waals surface area contributed by atoms with Crippen LogP contribution in [0.3, 0.4) is 0 Å². The van der Waals surface area contributed by atoms with Crippen LogP contribution in [0.1, 0.15) is 5.56 Å². The molecule has 0 radical (unpaired) electrons. The molecule has 8 heteroatoms. The number of rotatable bonds is 3. The molecule has 132 valence electrons. The molecule has 0 spiro atoms. The smallest absolute Gasteiger partial charge is 0.352 e. The number of terminal acetylenes is 1. The molecule has 8 nitrogen and oxygen atoms in total. The van der Waals surface area contributed by atoms with Crippen molar-refractivity contribution in [2.75, 3.05) is 11.9 Å². The zero-order valence-electron chi connectivity index (χ0n) is 13.0. The summed E-state index contributed by atoms with van der Waals surface area (Å²) in [5.74, 6) is 2.24. The number of hydrogen-bond acceptors (Lipinski definition) is 8. The second kappa shape index (κ2) is 6.84. The van der Waals surface area contributed by atoms with Crippen LogP contribution >= 0.6 is 0 Å². The van der Waals surface area contributed by atoms with Gasteiger partial charge < -0.3 is 34.9 Å². The van der Waals surface area contributed by atoms with Gasteiger partial charge in [-0.1, -0.05) is 5.92 Å². The number of aliphatic hydroxyl groups is 4. The van der Waals surface area contributed by atoms with Gasteiger partial charge in [-0.2, -0.15) is 0 Å². The van der Waals surface area contributed by atoms with E-state index in [4.69, 9.17) is 20.7 Å². The van der Waals surface area contributed by atoms with Gasteiger partial charge in [0.15, 0.2) is 6.29 Å². The quantitative estimate of drug-likeness (QED) is 0.352. The van der Waals surface area contributed by atoms with Gasteiger partial charge in [-0.05, 0) is 18.2 Å². The van der Waals surface area contributed by atoms with Crippen molar-refractivity contribution < 1.29 is 29.6 Å². The molecule has 1 aliphatic rings. The average Bonchev–Trinajstić information content (AvgIpc) is 2.61. The Hall–Kier alpha value is -2.41. The van der Waals surface area contributed by atoms with E-state index in [1.165, 1.54) is 12.1 Å². The summed E-state index contributed by atoms with van der Waals surface area (Å²) in [7, 11) is 0. The van der Waals surface area contributed by atoms with Crippen molar-refractivity contribution in [3.8, 4) is 12.3 Å². The summed E-state index contributed by atoms with van der Waals surface area (Å²) in [6.45, 7) is -0.541. The van der Waals surface area contributed by atoms with Crippen molar-refractivity contribution in [2.24, 2.45) is 0 Å². The third-order valence-electron chi connectivity index (χ3n) is 4.12. The topological polar surface area (TPSA) is 132 Å². The van der Waals surface area contributed by atoms with E-state index in [9.17, 15) is 20.1 Å². The van der Waals surface area contributed by atoms with Gasteiger partial charge in [0.2, 0.25) is 0 Å². The van der Waals surface area contributed by atoms with Gasteiger partial charge in [0.1, 0.15) is 35.5 Å². The first kappa shape index (κ1) is 17.4. The fourth-order valence-corrected chi connectivity index (χ4v) is 2.75. The molecule has 1 aromatic heterocycles. The lowest BCUT2D eigenvalue weighted by atomic mass is 9.97. The Bertz CT molecular complexity index is 871. The van der Waals surface area contributed by atoms with Crippen molar-refractivity contribution in [3.05, 3.63) is 40.2 Å². The number of nitrogens with one attached hydrogen (secondary N) is 1. The minimum atomic E-state index is -1.46. The Kier molecular flexibility index (Phi) is 4.76. The highest BCUT2D eigenvalue weighted by atomic mass is 16.6. The molecule has 5 N–H and O–H groups in total. The van der Waals surface area contributed by atoms with Gasteiger partial charge >= 0.3 is 5.63 Å². The van der Waals surface area contributed by atoms with E-state index < -0.39 is 42.9 Å². The second-order valence-electron chi connectivity index (χ2n) is 5.74. The lowest BCUT2D eigenvalue weighted by Crippen LogP contribution is -2.61. The lowest BCUT2D eigenvalue weighted by Gasteiger charge is -2.40. The predicted molar refractivity (Wildman–Crippen MR) is 87.8 cm³/mol. The zero-order valence-corrected chi connectivity index (χ0v) is 13.0. The van der Waals surface area contributed by atoms with Crippen LogP contribution in [0.25, 0.3) is 11.0 Å². The summed E-state index contributed by atoms with van der Waals surface area (Å²) in [5, 5.41) is 42.5. The molecule has 2 unspecified atom stereocenters. The highest BCUT2D eigenvalue weighted by molar-refractivity contribution is 5.81. The molecule has 2 heterocycles. The molecule has 1 aromatic carbocycles. The summed E-state index contributed by atoms with van der Waals surface area (Å²) in [6.07, 6.45) is -0.0664. The molecule has 0 bridgehead atoms. The minimum absolute atomic E-state index is 0.109. The summed E-state index contributed by atoms with van der Waals surface area (Å²) in [4.78, 5) is 11.7. The van der Waals surface area contributed by atoms with E-state index >= 15 is 0 Å². The van der Waals surface area contributed by atoms with Crippen LogP contribution in [-0.2, 0) is 4.74 Å². The van der Waals surface area contributed by atoms with Gasteiger partial charge in [-0.3, -0.25) is 0 Å². The van der Waals surface area contributed by atoms with Crippen LogP contribution in [0.4, 0.5) is 5.69 Å². The number of fused-ring (bicyclic) bond motifs is 1. The van der Waals surface area contributed by atoms with E-state index in [2.05, 4.69) is 11.2 Å². The normalized spacial score (nSPS) is 29.3. The number of benzene rings is 1. The summed E-state index contributed by atoms with van der Waals surface area (Å²) in [5.41, 5.74) is 0.154. The van der Waals surface area contributed by atoms with Crippen LogP contribution in [0.5, 0.6) is 0 Å². The Morgan fingerprint density at radius 2 is 1.96 bits per heavy atom. The predicted octanol–water partition coefficient (Wildman–Crippen LogP) is -1.01. The maximum Gasteiger partial charge on any atom is 0.352 e. The second-order valence-corrected chi connectivity index (χ2v) is 5.74. The first-order valence-corrected chi connectivity index (χ1v) is 7.56. The van der Waals surface area contributed by atoms with Crippen molar-refractivity contribution in [1.29, 1.82) is 0 Å². The highest BCUT2D eigenvalue weighted by Gasteiger charge is 2.43. The highest BCUT2D eigenvalue weighted by Crippen LogP contribution is 2.25. The number of aliphatic hydroxyl groups excluding tert-OH is 4. The van der Waals surface area contributed by atoms with Crippen LogP contribution in [0, 0.1) is 12.3 Å². The SMILES string of the molecule is C#Cc1cc2ccc(NC3[C@H](O)OC(CO)[C@@H](O)[C@@H]3O)cc2oc1=O. The van der Waals surface area contributed by atoms with Gasteiger partial charge in [0.05, 0.1) is 6.61 Å². The van der Waals surface area contributed by atoms with Crippen molar-refractivity contribution in [3.63, 3.8) is 0 Å². The van der Waals surface area contributed by atoms with E-state index in [1.54, 1.807) is 12.1 Å². The molecule has 0 amide bonds. The molecular weight excluding hydrogens is 330 g/mol. The van der Waals surface area contributed by atoms with Gasteiger partial charge in [-0.25, -0.2) is 4.79 Å². The maximum atomic E-state index is 11.7. The van der Waals surface area contributed by atoms with Gasteiger partial charge in [0.25, 0.3) is 0 Å². The molecule has 1 aliphatic heterocycles. The third-order valence-corrected chi connectivity index (χ3v) is 4.12. The Morgan fingerprint density at radius 3 is 2.64 bits per heavy atom. The standard InChI is InChI=1S/C17H17NO7/c1-2-8-5-9-3-4-10(6-11(9)24-16(8)22)18-13-15(21)14(20)12(7-19)25-17(13)23/h1,3-6,12-15,17-21,23H,7H2/t12?,13?,14-,15-,17-/m1/s1. The van der Waals surface area contributed by atoms with Crippen LogP contribution in [-0.4, -0.2) is 57.7 Å². The first-order chi connectivity index (χ1) is 11.9. The molecule has 0 saturated carbocycles. The van der Waals surface area contributed by atoms with Crippen LogP contribution in [0.2, 0.25) is 0 Å². The molecule has 2 aromatic rings. The molecule has 1 fully saturated rings. The summed E-state index contributed by atoms with van der Waals surface area (Å²) in [6, 6.07) is 5.25. The van der Waals surface area contributed by atoms with Crippen LogP contribution < -0.4 is 10.9 Å². The minimum Gasteiger partial charge on any atom is -0.422 e. The Balaban J connectivity index is 1.87. The molecule has 1 saturated heterocycles. The fraction of sp³-hybridized carbons (Fsp3) is 0.353. The molecule has 25 heavy (non-hydrogen) atoms. The summed E-state index contributed by atoms with van der Waals surface area (Å²) >= 11 is 0. The summed E-state index contributed by atoms with van der Waals surface area (Å²) < 4.78 is 10.2. The van der Waals surface area contributed by atoms with Crippen molar-refractivity contribution in [1.82, 2.24) is 0 Å². The van der Waals surface area contributed by atoms with Gasteiger partial charge in [-0.15, -0.1) is 6.42 Å². The lowest BCUT2D eigenvalue weighted by molar-refractivity contribution is -0.245. The van der Waals surface area contributed by atoms with Gasteiger partial charge in [0, 0.05) is 17.1 Å². The van der Waals surface area contributed by atoms with Crippen molar-refractivity contribution in [2.45, 2.75) is 30.6 Å². The molecule has 5 atom stereocenters. The van der Waals surface area contributed by atoms with E-state index in [0.717, 1.165) is 0 Å². The fourth-order valence-electron chi connectivity index (χ4n) is 2.75. The van der Waals surface area contributed by atoms with Crippen molar-refractivity contribution >= 4 is 16.7 Å². The number of hydrogen-bond donors (Lipinski definition) is 5. The molecular formula is C17H17NO7.